The molecule has 0 aliphatic carbocycles. The molecule has 0 radical (unpaired) electrons. The number of nitrogens with zero attached hydrogens (tertiary/aromatic N) is 4. The normalized spacial score (nSPS) is 11.9. The Balaban J connectivity index is 2.03. The van der Waals surface area contributed by atoms with Crippen molar-refractivity contribution in [2.45, 2.75) is 31.5 Å². The van der Waals surface area contributed by atoms with Crippen LogP contribution in [0.1, 0.15) is 12.6 Å². The zero-order chi connectivity index (χ0) is 15.3. The van der Waals surface area contributed by atoms with Crippen molar-refractivity contribution in [2.75, 3.05) is 13.7 Å². The molecule has 0 fully saturated rings. The van der Waals surface area contributed by atoms with Crippen molar-refractivity contribution in [2.24, 2.45) is 0 Å². The van der Waals surface area contributed by atoms with Crippen LogP contribution in [-0.2, 0) is 34.4 Å². The van der Waals surface area contributed by atoms with Crippen molar-refractivity contribution in [1.29, 1.82) is 0 Å². The first-order chi connectivity index (χ1) is 10.1. The summed E-state index contributed by atoms with van der Waals surface area (Å²) < 4.78 is 35.3. The summed E-state index contributed by atoms with van der Waals surface area (Å²) in [5.41, 5.74) is 0.776. The van der Waals surface area contributed by atoms with E-state index in [9.17, 15) is 8.42 Å². The number of ether oxygens (including phenoxy) is 1. The van der Waals surface area contributed by atoms with Gasteiger partial charge in [-0.15, -0.1) is 0 Å². The minimum atomic E-state index is -3.57. The van der Waals surface area contributed by atoms with Crippen molar-refractivity contribution in [3.63, 3.8) is 0 Å². The van der Waals surface area contributed by atoms with Crippen molar-refractivity contribution in [3.8, 4) is 0 Å². The smallest absolute Gasteiger partial charge is 0.244 e. The van der Waals surface area contributed by atoms with Gasteiger partial charge in [0.1, 0.15) is 4.90 Å². The summed E-state index contributed by atoms with van der Waals surface area (Å²) in [5.74, 6) is 0. The zero-order valence-corrected chi connectivity index (χ0v) is 12.9. The molecule has 0 aliphatic rings. The summed E-state index contributed by atoms with van der Waals surface area (Å²) >= 11 is 0. The molecule has 0 saturated carbocycles. The van der Waals surface area contributed by atoms with E-state index in [0.717, 1.165) is 5.69 Å². The van der Waals surface area contributed by atoms with Gasteiger partial charge in [-0.25, -0.2) is 18.1 Å². The van der Waals surface area contributed by atoms with Crippen molar-refractivity contribution < 1.29 is 13.2 Å². The summed E-state index contributed by atoms with van der Waals surface area (Å²) in [4.78, 5) is 4.18. The lowest BCUT2D eigenvalue weighted by molar-refractivity contribution is 0.186. The summed E-state index contributed by atoms with van der Waals surface area (Å²) in [6, 6.07) is 0. The summed E-state index contributed by atoms with van der Waals surface area (Å²) in [5, 5.41) is 3.97. The van der Waals surface area contributed by atoms with Gasteiger partial charge in [0.05, 0.1) is 31.4 Å². The van der Waals surface area contributed by atoms with Crippen LogP contribution in [0.25, 0.3) is 0 Å². The lowest BCUT2D eigenvalue weighted by atomic mass is 10.4. The Labute approximate surface area is 123 Å². The molecule has 0 saturated heterocycles. The molecule has 2 heterocycles. The maximum absolute atomic E-state index is 12.2. The number of hydrogen-bond acceptors (Lipinski definition) is 5. The number of aromatic nitrogens is 4. The molecule has 2 aromatic rings. The molecule has 1 N–H and O–H groups in total. The summed E-state index contributed by atoms with van der Waals surface area (Å²) in [7, 11) is -1.95. The Morgan fingerprint density at radius 3 is 2.86 bits per heavy atom. The van der Waals surface area contributed by atoms with Gasteiger partial charge in [-0.1, -0.05) is 0 Å². The molecule has 8 nitrogen and oxygen atoms in total. The van der Waals surface area contributed by atoms with E-state index in [1.54, 1.807) is 24.3 Å². The number of aryl methyl sites for hydroxylation is 1. The molecule has 0 unspecified atom stereocenters. The number of imidazole rings is 1. The monoisotopic (exact) mass is 313 g/mol. The fourth-order valence-electron chi connectivity index (χ4n) is 1.79. The number of rotatable bonds is 8. The number of sulfonamides is 1. The average Bonchev–Trinajstić information content (AvgIpc) is 3.12. The molecular formula is C12H19N5O3S. The molecule has 2 aromatic heterocycles. The van der Waals surface area contributed by atoms with Crippen LogP contribution in [0.3, 0.4) is 0 Å². The molecule has 116 valence electrons. The van der Waals surface area contributed by atoms with Crippen molar-refractivity contribution in [3.05, 3.63) is 30.6 Å². The minimum absolute atomic E-state index is 0.160. The maximum Gasteiger partial charge on any atom is 0.244 e. The topological polar surface area (TPSA) is 91.0 Å². The highest BCUT2D eigenvalue weighted by Crippen LogP contribution is 2.08. The third-order valence-corrected chi connectivity index (χ3v) is 4.38. The van der Waals surface area contributed by atoms with E-state index >= 15 is 0 Å². The second kappa shape index (κ2) is 6.83. The lowest BCUT2D eigenvalue weighted by Crippen LogP contribution is -2.24. The summed E-state index contributed by atoms with van der Waals surface area (Å²) in [6.07, 6.45) is 6.13. The Kier molecular flexibility index (Phi) is 5.10. The van der Waals surface area contributed by atoms with Gasteiger partial charge in [0.2, 0.25) is 10.0 Å². The quantitative estimate of drug-likeness (QED) is 0.753. The van der Waals surface area contributed by atoms with E-state index in [1.807, 2.05) is 11.5 Å². The zero-order valence-electron chi connectivity index (χ0n) is 12.1. The molecule has 0 aliphatic heterocycles. The first kappa shape index (κ1) is 15.7. The highest BCUT2D eigenvalue weighted by molar-refractivity contribution is 7.89. The molecule has 0 spiro atoms. The predicted octanol–water partition coefficient (Wildman–Crippen LogP) is 0.224. The molecule has 9 heteroatoms. The van der Waals surface area contributed by atoms with E-state index in [1.165, 1.54) is 12.4 Å². The van der Waals surface area contributed by atoms with Crippen LogP contribution in [-0.4, -0.2) is 41.5 Å². The van der Waals surface area contributed by atoms with Gasteiger partial charge in [0, 0.05) is 32.6 Å². The van der Waals surface area contributed by atoms with E-state index in [0.29, 0.717) is 19.7 Å². The Hall–Kier alpha value is -1.71. The van der Waals surface area contributed by atoms with Gasteiger partial charge in [-0.05, 0) is 6.92 Å². The van der Waals surface area contributed by atoms with Crippen LogP contribution in [0.4, 0.5) is 0 Å². The van der Waals surface area contributed by atoms with E-state index < -0.39 is 10.0 Å². The minimum Gasteiger partial charge on any atom is -0.383 e. The molecule has 21 heavy (non-hydrogen) atoms. The standard InChI is InChI=1S/C12H19N5O3S/c1-3-17-9-12(8-14-17)21(18,19)15-7-11-6-13-10-16(11)4-5-20-2/h6,8-10,15H,3-5,7H2,1-2H3. The lowest BCUT2D eigenvalue weighted by Gasteiger charge is -2.08. The van der Waals surface area contributed by atoms with Crippen molar-refractivity contribution >= 4 is 10.0 Å². The van der Waals surface area contributed by atoms with Crippen LogP contribution >= 0.6 is 0 Å². The predicted molar refractivity (Wildman–Crippen MR) is 76.0 cm³/mol. The van der Waals surface area contributed by atoms with Gasteiger partial charge in [0.25, 0.3) is 0 Å². The van der Waals surface area contributed by atoms with E-state index in [2.05, 4.69) is 14.8 Å². The van der Waals surface area contributed by atoms with Crippen LogP contribution in [0.2, 0.25) is 0 Å². The maximum atomic E-state index is 12.2. The Morgan fingerprint density at radius 2 is 2.19 bits per heavy atom. The van der Waals surface area contributed by atoms with E-state index in [-0.39, 0.29) is 11.4 Å². The number of methoxy groups -OCH3 is 1. The summed E-state index contributed by atoms with van der Waals surface area (Å²) in [6.45, 7) is 3.86. The highest BCUT2D eigenvalue weighted by atomic mass is 32.2. The molecular weight excluding hydrogens is 294 g/mol. The highest BCUT2D eigenvalue weighted by Gasteiger charge is 2.16. The van der Waals surface area contributed by atoms with Crippen LogP contribution in [0.15, 0.2) is 29.8 Å². The molecule has 2 rings (SSSR count). The largest absolute Gasteiger partial charge is 0.383 e. The fourth-order valence-corrected chi connectivity index (χ4v) is 2.75. The van der Waals surface area contributed by atoms with Crippen LogP contribution in [0.5, 0.6) is 0 Å². The third kappa shape index (κ3) is 3.90. The second-order valence-electron chi connectivity index (χ2n) is 4.43. The van der Waals surface area contributed by atoms with Crippen LogP contribution in [0, 0.1) is 0 Å². The third-order valence-electron chi connectivity index (χ3n) is 3.02. The van der Waals surface area contributed by atoms with Crippen molar-refractivity contribution in [1.82, 2.24) is 24.1 Å². The van der Waals surface area contributed by atoms with E-state index in [4.69, 9.17) is 4.74 Å². The molecule has 0 atom stereocenters. The SMILES string of the molecule is CCn1cc(S(=O)(=O)NCc2cncn2CCOC)cn1. The number of nitrogens with one attached hydrogen (secondary N) is 1. The van der Waals surface area contributed by atoms with Gasteiger partial charge < -0.3 is 9.30 Å². The molecule has 0 amide bonds. The van der Waals surface area contributed by atoms with Gasteiger partial charge in [-0.3, -0.25) is 4.68 Å². The van der Waals surface area contributed by atoms with Gasteiger partial charge >= 0.3 is 0 Å². The number of hydrogen-bond donors (Lipinski definition) is 1. The molecule has 0 bridgehead atoms. The Bertz CT molecular complexity index is 677. The van der Waals surface area contributed by atoms with Crippen LogP contribution < -0.4 is 4.72 Å². The first-order valence-electron chi connectivity index (χ1n) is 6.57. The average molecular weight is 313 g/mol. The second-order valence-corrected chi connectivity index (χ2v) is 6.19. The first-order valence-corrected chi connectivity index (χ1v) is 8.05. The van der Waals surface area contributed by atoms with Gasteiger partial charge in [-0.2, -0.15) is 5.10 Å². The fraction of sp³-hybridized carbons (Fsp3) is 0.500. The van der Waals surface area contributed by atoms with Gasteiger partial charge in [0.15, 0.2) is 0 Å². The molecule has 0 aromatic carbocycles. The Morgan fingerprint density at radius 1 is 1.38 bits per heavy atom.